The van der Waals surface area contributed by atoms with E-state index in [4.69, 9.17) is 0 Å². The largest absolute Gasteiger partial charge is 0.344 e. The molecular weight excluding hydrogens is 268 g/mol. The van der Waals surface area contributed by atoms with Crippen LogP contribution in [0.1, 0.15) is 40.0 Å². The van der Waals surface area contributed by atoms with Gasteiger partial charge in [0.1, 0.15) is 0 Å². The van der Waals surface area contributed by atoms with E-state index < -0.39 is 0 Å². The summed E-state index contributed by atoms with van der Waals surface area (Å²) in [5.41, 5.74) is 0. The lowest BCUT2D eigenvalue weighted by Gasteiger charge is -2.18. The number of amides is 1. The number of carbonyl (C=O) groups is 1. The van der Waals surface area contributed by atoms with Gasteiger partial charge < -0.3 is 10.2 Å². The molecule has 0 fully saturated rings. The Morgan fingerprint density at radius 2 is 2.00 bits per heavy atom. The molecule has 1 amide bonds. The van der Waals surface area contributed by atoms with E-state index in [9.17, 15) is 4.79 Å². The normalized spacial score (nSPS) is 12.4. The molecule has 20 heavy (non-hydrogen) atoms. The van der Waals surface area contributed by atoms with Gasteiger partial charge in [0, 0.05) is 31.5 Å². The fourth-order valence-corrected chi connectivity index (χ4v) is 2.08. The van der Waals surface area contributed by atoms with Crippen molar-refractivity contribution in [1.82, 2.24) is 10.2 Å². The average Bonchev–Trinajstić information content (AvgIpc) is 2.45. The lowest BCUT2D eigenvalue weighted by molar-refractivity contribution is -0.128. The molecule has 3 nitrogen and oxygen atoms in total. The number of thiol groups is 1. The summed E-state index contributed by atoms with van der Waals surface area (Å²) in [6.45, 7) is 9.01. The van der Waals surface area contributed by atoms with Crippen LogP contribution in [0.25, 0.3) is 0 Å². The zero-order valence-electron chi connectivity index (χ0n) is 13.4. The van der Waals surface area contributed by atoms with Gasteiger partial charge in [0.25, 0.3) is 0 Å². The average molecular weight is 298 g/mol. The monoisotopic (exact) mass is 298 g/mol. The van der Waals surface area contributed by atoms with E-state index in [1.165, 1.54) is 12.8 Å². The van der Waals surface area contributed by atoms with E-state index in [0.29, 0.717) is 6.42 Å². The van der Waals surface area contributed by atoms with Crippen LogP contribution >= 0.6 is 12.6 Å². The summed E-state index contributed by atoms with van der Waals surface area (Å²) in [7, 11) is 1.85. The Morgan fingerprint density at radius 1 is 1.35 bits per heavy atom. The fraction of sp³-hybridized carbons (Fsp3) is 0.688. The third kappa shape index (κ3) is 9.21. The van der Waals surface area contributed by atoms with E-state index in [0.717, 1.165) is 30.5 Å². The van der Waals surface area contributed by atoms with Crippen molar-refractivity contribution in [1.29, 1.82) is 0 Å². The first-order valence-electron chi connectivity index (χ1n) is 7.51. The number of likely N-dealkylation sites (N-methyl/N-ethyl adjacent to an activating group) is 1. The summed E-state index contributed by atoms with van der Waals surface area (Å²) in [6, 6.07) is 0. The predicted molar refractivity (Wildman–Crippen MR) is 91.1 cm³/mol. The van der Waals surface area contributed by atoms with Crippen LogP contribution in [0.15, 0.2) is 23.1 Å². The Labute approximate surface area is 129 Å². The van der Waals surface area contributed by atoms with Crippen molar-refractivity contribution in [3.8, 4) is 0 Å². The number of nitrogens with one attached hydrogen (secondary N) is 1. The Bertz CT molecular complexity index is 322. The Balaban J connectivity index is 3.88. The van der Waals surface area contributed by atoms with Gasteiger partial charge in [0.05, 0.1) is 0 Å². The van der Waals surface area contributed by atoms with Crippen LogP contribution in [0.2, 0.25) is 0 Å². The third-order valence-electron chi connectivity index (χ3n) is 3.46. The van der Waals surface area contributed by atoms with Gasteiger partial charge in [-0.15, -0.1) is 12.6 Å². The zero-order chi connectivity index (χ0) is 15.4. The summed E-state index contributed by atoms with van der Waals surface area (Å²) in [6.07, 6.45) is 8.46. The van der Waals surface area contributed by atoms with E-state index in [1.807, 2.05) is 32.2 Å². The van der Waals surface area contributed by atoms with Crippen molar-refractivity contribution in [3.05, 3.63) is 23.1 Å². The first kappa shape index (κ1) is 19.3. The van der Waals surface area contributed by atoms with Crippen LogP contribution in [0.5, 0.6) is 0 Å². The van der Waals surface area contributed by atoms with Gasteiger partial charge in [-0.3, -0.25) is 4.79 Å². The second-order valence-electron chi connectivity index (χ2n) is 5.04. The van der Waals surface area contributed by atoms with Crippen LogP contribution < -0.4 is 5.32 Å². The molecule has 0 rings (SSSR count). The quantitative estimate of drug-likeness (QED) is 0.369. The molecule has 0 aliphatic rings. The lowest BCUT2D eigenvalue weighted by Crippen LogP contribution is -2.35. The minimum Gasteiger partial charge on any atom is -0.344 e. The maximum absolute atomic E-state index is 11.9. The molecule has 0 heterocycles. The van der Waals surface area contributed by atoms with Crippen LogP contribution in [0, 0.1) is 5.92 Å². The zero-order valence-corrected chi connectivity index (χ0v) is 14.2. The summed E-state index contributed by atoms with van der Waals surface area (Å²) < 4.78 is 0. The molecule has 116 valence electrons. The molecule has 0 unspecified atom stereocenters. The van der Waals surface area contributed by atoms with Crippen LogP contribution in [0.3, 0.4) is 0 Å². The molecule has 0 radical (unpaired) electrons. The molecule has 0 saturated carbocycles. The van der Waals surface area contributed by atoms with Crippen molar-refractivity contribution >= 4 is 18.5 Å². The molecule has 0 aliphatic heterocycles. The van der Waals surface area contributed by atoms with Gasteiger partial charge in [-0.05, 0) is 19.4 Å². The van der Waals surface area contributed by atoms with Crippen molar-refractivity contribution in [3.63, 3.8) is 0 Å². The number of hydrogen-bond donors (Lipinski definition) is 2. The first-order valence-corrected chi connectivity index (χ1v) is 7.96. The molecular formula is C16H30N2OS. The second-order valence-corrected chi connectivity index (χ2v) is 5.55. The molecule has 0 aromatic heterocycles. The smallest absolute Gasteiger partial charge is 0.226 e. The van der Waals surface area contributed by atoms with Gasteiger partial charge in [0.15, 0.2) is 0 Å². The lowest BCUT2D eigenvalue weighted by atomic mass is 10.0. The highest BCUT2D eigenvalue weighted by atomic mass is 32.1. The van der Waals surface area contributed by atoms with Crippen LogP contribution in [0.4, 0.5) is 0 Å². The third-order valence-corrected chi connectivity index (χ3v) is 3.79. The Morgan fingerprint density at radius 3 is 2.55 bits per heavy atom. The molecule has 0 bridgehead atoms. The molecule has 0 aliphatic carbocycles. The van der Waals surface area contributed by atoms with Crippen LogP contribution in [-0.2, 0) is 4.79 Å². The highest BCUT2D eigenvalue weighted by molar-refractivity contribution is 7.84. The standard InChI is InChI=1S/C16H30N2OS/c1-5-8-15(20)9-10-16(19)18(4)12-11-17-13-14(6-2)7-3/h5,8-9,14,17,20H,6-7,10-13H2,1-4H3/b8-5-,15-9+. The minimum atomic E-state index is 0.130. The fourth-order valence-electron chi connectivity index (χ4n) is 1.84. The molecule has 0 saturated heterocycles. The van der Waals surface area contributed by atoms with E-state index >= 15 is 0 Å². The van der Waals surface area contributed by atoms with Crippen molar-refractivity contribution in [2.75, 3.05) is 26.7 Å². The molecule has 0 aromatic carbocycles. The second kappa shape index (κ2) is 12.0. The van der Waals surface area contributed by atoms with Gasteiger partial charge in [-0.25, -0.2) is 0 Å². The number of hydrogen-bond acceptors (Lipinski definition) is 3. The van der Waals surface area contributed by atoms with Crippen LogP contribution in [-0.4, -0.2) is 37.5 Å². The maximum atomic E-state index is 11.9. The SMILES string of the molecule is C/C=C\C(S)=C/CC(=O)N(C)CCNCC(CC)CC. The molecule has 0 aromatic rings. The van der Waals surface area contributed by atoms with Gasteiger partial charge in [-0.1, -0.05) is 44.9 Å². The van der Waals surface area contributed by atoms with Crippen molar-refractivity contribution in [2.45, 2.75) is 40.0 Å². The number of carbonyl (C=O) groups excluding carboxylic acids is 1. The maximum Gasteiger partial charge on any atom is 0.226 e. The van der Waals surface area contributed by atoms with Gasteiger partial charge in [0.2, 0.25) is 5.91 Å². The molecule has 1 N–H and O–H groups in total. The summed E-state index contributed by atoms with van der Waals surface area (Å²) >= 11 is 4.27. The molecule has 0 spiro atoms. The minimum absolute atomic E-state index is 0.130. The summed E-state index contributed by atoms with van der Waals surface area (Å²) in [5.74, 6) is 0.872. The van der Waals surface area contributed by atoms with E-state index in [1.54, 1.807) is 4.90 Å². The predicted octanol–water partition coefficient (Wildman–Crippen LogP) is 3.25. The van der Waals surface area contributed by atoms with E-state index in [2.05, 4.69) is 31.8 Å². The topological polar surface area (TPSA) is 32.3 Å². The van der Waals surface area contributed by atoms with E-state index in [-0.39, 0.29) is 5.91 Å². The Hall–Kier alpha value is -0.740. The number of rotatable bonds is 10. The van der Waals surface area contributed by atoms with Gasteiger partial charge >= 0.3 is 0 Å². The van der Waals surface area contributed by atoms with Crippen molar-refractivity contribution in [2.24, 2.45) is 5.92 Å². The molecule has 4 heteroatoms. The highest BCUT2D eigenvalue weighted by Crippen LogP contribution is 2.06. The summed E-state index contributed by atoms with van der Waals surface area (Å²) in [4.78, 5) is 14.5. The summed E-state index contributed by atoms with van der Waals surface area (Å²) in [5, 5.41) is 3.42. The number of nitrogens with zero attached hydrogens (tertiary/aromatic N) is 1. The van der Waals surface area contributed by atoms with Crippen molar-refractivity contribution < 1.29 is 4.79 Å². The van der Waals surface area contributed by atoms with Gasteiger partial charge in [-0.2, -0.15) is 0 Å². The Kier molecular flexibility index (Phi) is 11.6. The highest BCUT2D eigenvalue weighted by Gasteiger charge is 2.07. The molecule has 0 atom stereocenters. The first-order chi connectivity index (χ1) is 9.54. The number of allylic oxidation sites excluding steroid dienone is 2.